The predicted octanol–water partition coefficient (Wildman–Crippen LogP) is 1.34. The fourth-order valence-corrected chi connectivity index (χ4v) is 1.63. The molecule has 0 amide bonds. The van der Waals surface area contributed by atoms with Gasteiger partial charge in [-0.25, -0.2) is 0 Å². The summed E-state index contributed by atoms with van der Waals surface area (Å²) in [6, 6.07) is 0.605. The molecular weight excluding hydrogens is 232 g/mol. The Bertz CT molecular complexity index is 330. The first-order valence-corrected chi connectivity index (χ1v) is 6.65. The minimum atomic E-state index is 0.0720. The van der Waals surface area contributed by atoms with Crippen molar-refractivity contribution in [2.45, 2.75) is 39.7 Å². The molecule has 2 N–H and O–H groups in total. The summed E-state index contributed by atoms with van der Waals surface area (Å²) in [6.45, 7) is 8.78. The summed E-state index contributed by atoms with van der Waals surface area (Å²) in [5, 5.41) is 20.3. The van der Waals surface area contributed by atoms with Gasteiger partial charge in [0.2, 0.25) is 5.89 Å². The molecule has 6 heteroatoms. The summed E-state index contributed by atoms with van der Waals surface area (Å²) in [5.74, 6) is 0.612. The van der Waals surface area contributed by atoms with Gasteiger partial charge in [0.1, 0.15) is 0 Å². The average Bonchev–Trinajstić information content (AvgIpc) is 2.86. The first-order valence-electron chi connectivity index (χ1n) is 6.65. The molecule has 6 nitrogen and oxygen atoms in total. The molecule has 0 bridgehead atoms. The number of aliphatic hydroxyl groups excluding tert-OH is 1. The third-order valence-electron chi connectivity index (χ3n) is 2.74. The van der Waals surface area contributed by atoms with Crippen LogP contribution in [-0.4, -0.2) is 41.5 Å². The van der Waals surface area contributed by atoms with E-state index in [0.717, 1.165) is 26.1 Å². The quantitative estimate of drug-likeness (QED) is 0.694. The number of aliphatic hydroxyl groups is 1. The standard InChI is InChI=1S/C12H24N4O2/c1-4-7-13-10(3)11-14-15-12(18-11)16(5-2)8-6-9-17/h10,13,17H,4-9H2,1-3H3. The second-order valence-electron chi connectivity index (χ2n) is 4.26. The van der Waals surface area contributed by atoms with Crippen LogP contribution in [-0.2, 0) is 0 Å². The molecule has 1 unspecified atom stereocenters. The summed E-state index contributed by atoms with van der Waals surface area (Å²) in [5.41, 5.74) is 0. The summed E-state index contributed by atoms with van der Waals surface area (Å²) >= 11 is 0. The Morgan fingerprint density at radius 1 is 1.39 bits per heavy atom. The van der Waals surface area contributed by atoms with Crippen molar-refractivity contribution in [3.05, 3.63) is 5.89 Å². The zero-order valence-corrected chi connectivity index (χ0v) is 11.5. The maximum Gasteiger partial charge on any atom is 0.318 e. The fraction of sp³-hybridized carbons (Fsp3) is 0.833. The second kappa shape index (κ2) is 8.05. The van der Waals surface area contributed by atoms with Gasteiger partial charge >= 0.3 is 6.01 Å². The SMILES string of the molecule is CCCNC(C)c1nnc(N(CC)CCCO)o1. The van der Waals surface area contributed by atoms with Crippen molar-refractivity contribution in [2.75, 3.05) is 31.1 Å². The molecule has 18 heavy (non-hydrogen) atoms. The number of hydrogen-bond donors (Lipinski definition) is 2. The zero-order chi connectivity index (χ0) is 13.4. The first kappa shape index (κ1) is 14.9. The lowest BCUT2D eigenvalue weighted by Crippen LogP contribution is -2.25. The Morgan fingerprint density at radius 3 is 2.78 bits per heavy atom. The molecule has 0 radical (unpaired) electrons. The van der Waals surface area contributed by atoms with E-state index in [1.807, 2.05) is 18.7 Å². The number of hydrogen-bond acceptors (Lipinski definition) is 6. The number of aromatic nitrogens is 2. The van der Waals surface area contributed by atoms with Gasteiger partial charge in [-0.05, 0) is 33.2 Å². The molecule has 0 aliphatic rings. The number of rotatable bonds is 9. The van der Waals surface area contributed by atoms with Gasteiger partial charge in [-0.1, -0.05) is 12.0 Å². The van der Waals surface area contributed by atoms with E-state index in [4.69, 9.17) is 9.52 Å². The summed E-state index contributed by atoms with van der Waals surface area (Å²) in [4.78, 5) is 1.97. The Morgan fingerprint density at radius 2 is 2.17 bits per heavy atom. The minimum absolute atomic E-state index is 0.0720. The summed E-state index contributed by atoms with van der Waals surface area (Å²) < 4.78 is 5.65. The highest BCUT2D eigenvalue weighted by atomic mass is 16.4. The highest BCUT2D eigenvalue weighted by Crippen LogP contribution is 2.17. The topological polar surface area (TPSA) is 74.4 Å². The predicted molar refractivity (Wildman–Crippen MR) is 70.6 cm³/mol. The molecule has 0 fully saturated rings. The van der Waals surface area contributed by atoms with E-state index < -0.39 is 0 Å². The van der Waals surface area contributed by atoms with Crippen molar-refractivity contribution >= 4 is 6.01 Å². The van der Waals surface area contributed by atoms with Gasteiger partial charge in [0, 0.05) is 19.7 Å². The maximum atomic E-state index is 8.84. The Hall–Kier alpha value is -1.14. The van der Waals surface area contributed by atoms with Crippen LogP contribution < -0.4 is 10.2 Å². The van der Waals surface area contributed by atoms with Crippen molar-refractivity contribution < 1.29 is 9.52 Å². The van der Waals surface area contributed by atoms with E-state index >= 15 is 0 Å². The molecule has 1 aromatic rings. The van der Waals surface area contributed by atoms with E-state index in [2.05, 4.69) is 22.4 Å². The molecule has 0 spiro atoms. The number of nitrogens with one attached hydrogen (secondary N) is 1. The third-order valence-corrected chi connectivity index (χ3v) is 2.74. The molecule has 0 aliphatic carbocycles. The molecule has 0 saturated heterocycles. The van der Waals surface area contributed by atoms with Gasteiger partial charge in [0.25, 0.3) is 0 Å². The van der Waals surface area contributed by atoms with E-state index in [9.17, 15) is 0 Å². The Labute approximate surface area is 108 Å². The molecule has 0 aromatic carbocycles. The molecule has 1 heterocycles. The van der Waals surface area contributed by atoms with Crippen LogP contribution in [0.2, 0.25) is 0 Å². The first-order chi connectivity index (χ1) is 8.72. The molecule has 1 aromatic heterocycles. The van der Waals surface area contributed by atoms with E-state index in [1.54, 1.807) is 0 Å². The second-order valence-corrected chi connectivity index (χ2v) is 4.26. The van der Waals surface area contributed by atoms with E-state index in [-0.39, 0.29) is 12.6 Å². The maximum absolute atomic E-state index is 8.84. The van der Waals surface area contributed by atoms with Crippen LogP contribution in [0, 0.1) is 0 Å². The summed E-state index contributed by atoms with van der Waals surface area (Å²) in [7, 11) is 0. The molecular formula is C12H24N4O2. The lowest BCUT2D eigenvalue weighted by molar-refractivity contribution is 0.288. The molecule has 1 atom stereocenters. The largest absolute Gasteiger partial charge is 0.406 e. The van der Waals surface area contributed by atoms with Gasteiger partial charge in [0.05, 0.1) is 6.04 Å². The van der Waals surface area contributed by atoms with Gasteiger partial charge in [-0.3, -0.25) is 0 Å². The lowest BCUT2D eigenvalue weighted by Gasteiger charge is -2.17. The van der Waals surface area contributed by atoms with Gasteiger partial charge < -0.3 is 19.7 Å². The summed E-state index contributed by atoms with van der Waals surface area (Å²) in [6.07, 6.45) is 1.78. The van der Waals surface area contributed by atoms with Crippen LogP contribution in [0.25, 0.3) is 0 Å². The van der Waals surface area contributed by atoms with Crippen LogP contribution in [0.1, 0.15) is 45.5 Å². The van der Waals surface area contributed by atoms with Crippen LogP contribution >= 0.6 is 0 Å². The van der Waals surface area contributed by atoms with Gasteiger partial charge in [-0.2, -0.15) is 0 Å². The highest BCUT2D eigenvalue weighted by molar-refractivity contribution is 5.23. The Balaban J connectivity index is 2.59. The van der Waals surface area contributed by atoms with E-state index in [1.165, 1.54) is 0 Å². The van der Waals surface area contributed by atoms with Crippen LogP contribution in [0.4, 0.5) is 6.01 Å². The van der Waals surface area contributed by atoms with Crippen LogP contribution in [0.5, 0.6) is 0 Å². The van der Waals surface area contributed by atoms with Crippen molar-refractivity contribution in [3.63, 3.8) is 0 Å². The molecule has 0 aliphatic heterocycles. The average molecular weight is 256 g/mol. The van der Waals surface area contributed by atoms with Crippen molar-refractivity contribution in [1.82, 2.24) is 15.5 Å². The number of anilines is 1. The smallest absolute Gasteiger partial charge is 0.318 e. The van der Waals surface area contributed by atoms with Gasteiger partial charge in [-0.15, -0.1) is 5.10 Å². The minimum Gasteiger partial charge on any atom is -0.406 e. The Kier molecular flexibility index (Phi) is 6.67. The third kappa shape index (κ3) is 4.27. The monoisotopic (exact) mass is 256 g/mol. The highest BCUT2D eigenvalue weighted by Gasteiger charge is 2.16. The van der Waals surface area contributed by atoms with Crippen molar-refractivity contribution in [1.29, 1.82) is 0 Å². The van der Waals surface area contributed by atoms with Gasteiger partial charge in [0.15, 0.2) is 0 Å². The van der Waals surface area contributed by atoms with E-state index in [0.29, 0.717) is 18.3 Å². The van der Waals surface area contributed by atoms with Crippen LogP contribution in [0.15, 0.2) is 4.42 Å². The number of nitrogens with zero attached hydrogens (tertiary/aromatic N) is 3. The van der Waals surface area contributed by atoms with Crippen molar-refractivity contribution in [2.24, 2.45) is 0 Å². The fourth-order valence-electron chi connectivity index (χ4n) is 1.63. The van der Waals surface area contributed by atoms with Crippen molar-refractivity contribution in [3.8, 4) is 0 Å². The zero-order valence-electron chi connectivity index (χ0n) is 11.5. The molecule has 1 rings (SSSR count). The molecule has 0 saturated carbocycles. The normalized spacial score (nSPS) is 12.7. The molecule has 104 valence electrons. The lowest BCUT2D eigenvalue weighted by atomic mass is 10.3. The van der Waals surface area contributed by atoms with Crippen LogP contribution in [0.3, 0.4) is 0 Å².